The Bertz CT molecular complexity index is 749. The van der Waals surface area contributed by atoms with Crippen LogP contribution in [0.5, 0.6) is 5.75 Å². The van der Waals surface area contributed by atoms with Crippen molar-refractivity contribution in [2.24, 2.45) is 0 Å². The van der Waals surface area contributed by atoms with Gasteiger partial charge in [0.25, 0.3) is 0 Å². The van der Waals surface area contributed by atoms with E-state index in [1.807, 2.05) is 24.3 Å². The van der Waals surface area contributed by atoms with Crippen molar-refractivity contribution in [1.82, 2.24) is 30.8 Å². The van der Waals surface area contributed by atoms with Crippen LogP contribution in [0.15, 0.2) is 30.8 Å². The van der Waals surface area contributed by atoms with Crippen LogP contribution in [0, 0.1) is 0 Å². The van der Waals surface area contributed by atoms with Crippen LogP contribution < -0.4 is 35.5 Å². The first-order valence-electron chi connectivity index (χ1n) is 5.70. The smallest absolute Gasteiger partial charge is 0.497 e. The molecule has 0 aliphatic carbocycles. The zero-order chi connectivity index (χ0) is 21.4. The van der Waals surface area contributed by atoms with Crippen molar-refractivity contribution >= 4 is 26.3 Å². The van der Waals surface area contributed by atoms with Crippen LogP contribution in [-0.4, -0.2) is 44.1 Å². The van der Waals surface area contributed by atoms with E-state index in [2.05, 4.69) is 6.58 Å². The number of methoxy groups -OCH3 is 1. The summed E-state index contributed by atoms with van der Waals surface area (Å²) in [5.74, 6) is 0.880. The third-order valence-electron chi connectivity index (χ3n) is 1.94. The van der Waals surface area contributed by atoms with Gasteiger partial charge in [0.15, 0.2) is 0 Å². The maximum Gasteiger partial charge on any atom is 0.522 e. The zero-order valence-corrected chi connectivity index (χ0v) is 20.7. The van der Waals surface area contributed by atoms with Gasteiger partial charge >= 0.3 is 31.3 Å². The third kappa shape index (κ3) is 23.3. The average molecular weight is 710 g/mol. The van der Waals surface area contributed by atoms with Crippen LogP contribution in [0.2, 0.25) is 0 Å². The number of hydrogen-bond donors (Lipinski definition) is 7. The summed E-state index contributed by atoms with van der Waals surface area (Å²) in [7, 11) is -10.0. The van der Waals surface area contributed by atoms with Crippen LogP contribution >= 0.6 is 0 Å². The van der Waals surface area contributed by atoms with E-state index in [9.17, 15) is 26.3 Å². The van der Waals surface area contributed by atoms with Gasteiger partial charge in [-0.2, -0.15) is 43.2 Å². The van der Waals surface area contributed by atoms with E-state index in [-0.39, 0.29) is 50.5 Å². The normalized spacial score (nSPS) is 9.78. The Labute approximate surface area is 194 Å². The van der Waals surface area contributed by atoms with Crippen molar-refractivity contribution in [1.29, 1.82) is 0 Å². The van der Waals surface area contributed by atoms with E-state index in [0.29, 0.717) is 0 Å². The molecule has 21 heteroatoms. The van der Waals surface area contributed by atoms with Crippen LogP contribution in [0.1, 0.15) is 5.56 Å². The van der Waals surface area contributed by atoms with E-state index >= 15 is 0 Å². The number of benzene rings is 1. The first-order chi connectivity index (χ1) is 11.4. The standard InChI is InChI=1S/C9H10O.2CHF3O3S.5H3N.Os/c1-3-8-4-6-9(10-2)7-5-8;2*2-1(3,4)8(5,6)7;;;;;;/h3-7H,1H2,2H3;2*(H,5,6,7);5*1H3;. The first kappa shape index (κ1) is 52.5. The Kier molecular flexibility index (Phi) is 33.2. The van der Waals surface area contributed by atoms with E-state index in [1.165, 1.54) is 0 Å². The average Bonchev–Trinajstić information content (AvgIpc) is 2.44. The Hall–Kier alpha value is -1.40. The molecule has 0 saturated heterocycles. The molecule has 17 N–H and O–H groups in total. The summed E-state index contributed by atoms with van der Waals surface area (Å²) in [6.07, 6.45) is 1.80. The summed E-state index contributed by atoms with van der Waals surface area (Å²) >= 11 is 0. The summed E-state index contributed by atoms with van der Waals surface area (Å²) < 4.78 is 120. The topological polar surface area (TPSA) is 293 Å². The molecule has 32 heavy (non-hydrogen) atoms. The van der Waals surface area contributed by atoms with Gasteiger partial charge in [-0.25, -0.2) is 0 Å². The van der Waals surface area contributed by atoms with Crippen LogP contribution in [0.3, 0.4) is 0 Å². The molecule has 1 rings (SSSR count). The summed E-state index contributed by atoms with van der Waals surface area (Å²) in [6.45, 7) is 3.65. The second-order valence-corrected chi connectivity index (χ2v) is 6.64. The molecular weight excluding hydrogens is 683 g/mol. The van der Waals surface area contributed by atoms with Gasteiger partial charge in [-0.1, -0.05) is 24.8 Å². The predicted octanol–water partition coefficient (Wildman–Crippen LogP) is 3.93. The Balaban J connectivity index is -0.0000000415. The van der Waals surface area contributed by atoms with E-state index in [4.69, 9.17) is 30.7 Å². The Morgan fingerprint density at radius 3 is 1.12 bits per heavy atom. The summed E-state index contributed by atoms with van der Waals surface area (Å²) in [4.78, 5) is 0. The van der Waals surface area contributed by atoms with Gasteiger partial charge in [0.05, 0.1) is 7.11 Å². The predicted molar refractivity (Wildman–Crippen MR) is 103 cm³/mol. The Morgan fingerprint density at radius 1 is 0.781 bits per heavy atom. The number of alkyl halides is 6. The van der Waals surface area contributed by atoms with Crippen molar-refractivity contribution < 1.29 is 76.8 Å². The van der Waals surface area contributed by atoms with Crippen molar-refractivity contribution in [3.8, 4) is 5.75 Å². The van der Waals surface area contributed by atoms with Crippen LogP contribution in [0.4, 0.5) is 26.3 Å². The fourth-order valence-electron chi connectivity index (χ4n) is 0.740. The fraction of sp³-hybridized carbons (Fsp3) is 0.273. The number of rotatable bonds is 2. The largest absolute Gasteiger partial charge is 0.522 e. The maximum atomic E-state index is 10.7. The minimum absolute atomic E-state index is 0. The van der Waals surface area contributed by atoms with Gasteiger partial charge in [0, 0.05) is 19.8 Å². The summed E-state index contributed by atoms with van der Waals surface area (Å²) in [6, 6.07) is 7.76. The van der Waals surface area contributed by atoms with Gasteiger partial charge in [0.2, 0.25) is 0 Å². The molecule has 0 fully saturated rings. The molecule has 1 aromatic carbocycles. The van der Waals surface area contributed by atoms with Crippen molar-refractivity contribution in [2.75, 3.05) is 7.11 Å². The number of ether oxygens (including phenoxy) is 1. The molecule has 0 atom stereocenters. The van der Waals surface area contributed by atoms with Crippen LogP contribution in [-0.2, 0) is 40.0 Å². The minimum Gasteiger partial charge on any atom is -0.497 e. The van der Waals surface area contributed by atoms with Gasteiger partial charge in [0.1, 0.15) is 5.75 Å². The molecule has 0 aromatic heterocycles. The number of halogens is 6. The minimum atomic E-state index is -5.84. The monoisotopic (exact) mass is 711 g/mol. The first-order valence-corrected chi connectivity index (χ1v) is 8.58. The zero-order valence-electron chi connectivity index (χ0n) is 16.5. The molecule has 200 valence electrons. The molecular formula is C11H27F6N5O7OsS2. The molecule has 1 aromatic rings. The quantitative estimate of drug-likeness (QED) is 0.131. The second kappa shape index (κ2) is 20.2. The van der Waals surface area contributed by atoms with Crippen LogP contribution in [0.25, 0.3) is 6.08 Å². The molecule has 0 spiro atoms. The SMILES string of the molecule is C=Cc1ccc(OC)cc1.N.N.N.N.N.O=S(=O)(O)C(F)(F)F.O=S(=O)(O)C(F)(F)F.[Os]. The van der Waals surface area contributed by atoms with Gasteiger partial charge < -0.3 is 35.5 Å². The van der Waals surface area contributed by atoms with E-state index in [0.717, 1.165) is 11.3 Å². The van der Waals surface area contributed by atoms with Gasteiger partial charge in [-0.15, -0.1) is 0 Å². The molecule has 12 nitrogen and oxygen atoms in total. The number of hydrogen-bond acceptors (Lipinski definition) is 10. The fourth-order valence-corrected chi connectivity index (χ4v) is 0.740. The van der Waals surface area contributed by atoms with E-state index < -0.39 is 31.3 Å². The summed E-state index contributed by atoms with van der Waals surface area (Å²) in [5, 5.41) is 0. The third-order valence-corrected chi connectivity index (χ3v) is 3.11. The molecule has 0 amide bonds. The molecule has 0 aliphatic rings. The molecule has 0 radical (unpaired) electrons. The van der Waals surface area contributed by atoms with Gasteiger partial charge in [-0.3, -0.25) is 9.11 Å². The molecule has 0 unspecified atom stereocenters. The Morgan fingerprint density at radius 2 is 1.00 bits per heavy atom. The summed E-state index contributed by atoms with van der Waals surface area (Å²) in [5.41, 5.74) is -9.96. The van der Waals surface area contributed by atoms with E-state index in [1.54, 1.807) is 13.2 Å². The molecule has 0 aliphatic heterocycles. The van der Waals surface area contributed by atoms with Crippen molar-refractivity contribution in [3.63, 3.8) is 0 Å². The van der Waals surface area contributed by atoms with Gasteiger partial charge in [-0.05, 0) is 17.7 Å². The second-order valence-electron chi connectivity index (χ2n) is 3.82. The molecule has 0 heterocycles. The molecule has 0 saturated carbocycles. The molecule has 0 bridgehead atoms. The maximum absolute atomic E-state index is 10.7. The van der Waals surface area contributed by atoms with Crippen molar-refractivity contribution in [3.05, 3.63) is 36.4 Å². The van der Waals surface area contributed by atoms with Crippen molar-refractivity contribution in [2.45, 2.75) is 11.0 Å².